The van der Waals surface area contributed by atoms with Crippen molar-refractivity contribution in [1.29, 1.82) is 5.26 Å². The quantitative estimate of drug-likeness (QED) is 0.480. The minimum absolute atomic E-state index is 0.500. The van der Waals surface area contributed by atoms with Crippen LogP contribution in [0.5, 0.6) is 11.5 Å². The summed E-state index contributed by atoms with van der Waals surface area (Å²) in [5.41, 5.74) is 2.68. The average Bonchev–Trinajstić information content (AvgIpc) is 2.59. The summed E-state index contributed by atoms with van der Waals surface area (Å²) in [7, 11) is 3.11. The largest absolute Gasteiger partial charge is 0.493 e. The van der Waals surface area contributed by atoms with Gasteiger partial charge in [-0.05, 0) is 35.4 Å². The van der Waals surface area contributed by atoms with Crippen LogP contribution < -0.4 is 9.47 Å². The number of carbonyl (C=O) groups is 1. The molecule has 0 saturated carbocycles. The number of carbonyl (C=O) groups excluding carboxylic acids is 1. The van der Waals surface area contributed by atoms with Gasteiger partial charge in [-0.2, -0.15) is 5.26 Å². The van der Waals surface area contributed by atoms with E-state index in [-0.39, 0.29) is 0 Å². The highest BCUT2D eigenvalue weighted by molar-refractivity contribution is 5.90. The number of allylic oxidation sites excluding steroid dienone is 1. The fourth-order valence-electron chi connectivity index (χ4n) is 2.02. The molecule has 0 amide bonds. The van der Waals surface area contributed by atoms with Crippen molar-refractivity contribution in [3.05, 3.63) is 59.2 Å². The third-order valence-electron chi connectivity index (χ3n) is 3.20. The van der Waals surface area contributed by atoms with Gasteiger partial charge in [0.2, 0.25) is 0 Å². The van der Waals surface area contributed by atoms with Crippen LogP contribution in [0.3, 0.4) is 0 Å². The number of rotatable bonds is 5. The summed E-state index contributed by atoms with van der Waals surface area (Å²) >= 11 is 0. The molecule has 22 heavy (non-hydrogen) atoms. The van der Waals surface area contributed by atoms with E-state index >= 15 is 0 Å². The van der Waals surface area contributed by atoms with Crippen molar-refractivity contribution < 1.29 is 14.3 Å². The van der Waals surface area contributed by atoms with Crippen LogP contribution in [0, 0.1) is 11.3 Å². The molecule has 110 valence electrons. The van der Waals surface area contributed by atoms with Crippen molar-refractivity contribution >= 4 is 17.9 Å². The summed E-state index contributed by atoms with van der Waals surface area (Å²) in [6, 6.07) is 14.5. The minimum atomic E-state index is 0.500. The van der Waals surface area contributed by atoms with Crippen LogP contribution in [0.1, 0.15) is 21.5 Å². The standard InChI is InChI=1S/C18H15NO3/c1-21-17-8-7-15(10-18(17)22-2)16(11-19)9-13-3-5-14(12-20)6-4-13/h3-10,12H,1-2H3. The second kappa shape index (κ2) is 7.09. The van der Waals surface area contributed by atoms with Gasteiger partial charge in [0.05, 0.1) is 25.9 Å². The first kappa shape index (κ1) is 15.3. The molecule has 0 bridgehead atoms. The Balaban J connectivity index is 2.40. The first-order valence-electron chi connectivity index (χ1n) is 6.61. The van der Waals surface area contributed by atoms with Gasteiger partial charge >= 0.3 is 0 Å². The first-order chi connectivity index (χ1) is 10.7. The Kier molecular flexibility index (Phi) is 4.94. The van der Waals surface area contributed by atoms with E-state index in [2.05, 4.69) is 6.07 Å². The molecule has 0 heterocycles. The Labute approximate surface area is 129 Å². The predicted molar refractivity (Wildman–Crippen MR) is 84.9 cm³/mol. The molecule has 0 aliphatic heterocycles. The van der Waals surface area contributed by atoms with Crippen molar-refractivity contribution in [3.8, 4) is 17.6 Å². The lowest BCUT2D eigenvalue weighted by atomic mass is 10.0. The summed E-state index contributed by atoms with van der Waals surface area (Å²) in [4.78, 5) is 10.7. The Bertz CT molecular complexity index is 740. The molecule has 0 unspecified atom stereocenters. The molecule has 0 aromatic heterocycles. The van der Waals surface area contributed by atoms with Gasteiger partial charge in [-0.3, -0.25) is 4.79 Å². The maximum Gasteiger partial charge on any atom is 0.161 e. The highest BCUT2D eigenvalue weighted by Gasteiger charge is 2.08. The zero-order valence-corrected chi connectivity index (χ0v) is 12.4. The smallest absolute Gasteiger partial charge is 0.161 e. The Morgan fingerprint density at radius 2 is 1.64 bits per heavy atom. The van der Waals surface area contributed by atoms with Crippen LogP contribution in [0.2, 0.25) is 0 Å². The molecular formula is C18H15NO3. The SMILES string of the molecule is COc1ccc(C(C#N)=Cc2ccc(C=O)cc2)cc1OC. The second-order valence-electron chi connectivity index (χ2n) is 4.52. The van der Waals surface area contributed by atoms with E-state index in [9.17, 15) is 10.1 Å². The lowest BCUT2D eigenvalue weighted by molar-refractivity contribution is 0.112. The van der Waals surface area contributed by atoms with Gasteiger partial charge in [0.25, 0.3) is 0 Å². The highest BCUT2D eigenvalue weighted by Crippen LogP contribution is 2.30. The number of ether oxygens (including phenoxy) is 2. The molecule has 2 aromatic carbocycles. The van der Waals surface area contributed by atoms with Crippen LogP contribution in [-0.4, -0.2) is 20.5 Å². The van der Waals surface area contributed by atoms with Crippen molar-refractivity contribution in [2.24, 2.45) is 0 Å². The van der Waals surface area contributed by atoms with E-state index in [0.717, 1.165) is 17.4 Å². The summed E-state index contributed by atoms with van der Waals surface area (Å²) in [6.07, 6.45) is 2.54. The molecule has 0 aliphatic carbocycles. The van der Waals surface area contributed by atoms with Crippen molar-refractivity contribution in [1.82, 2.24) is 0 Å². The second-order valence-corrected chi connectivity index (χ2v) is 4.52. The van der Waals surface area contributed by atoms with Gasteiger partial charge in [0, 0.05) is 5.56 Å². The van der Waals surface area contributed by atoms with E-state index < -0.39 is 0 Å². The van der Waals surface area contributed by atoms with Crippen molar-refractivity contribution in [2.75, 3.05) is 14.2 Å². The molecule has 0 atom stereocenters. The molecule has 2 rings (SSSR count). The van der Waals surface area contributed by atoms with Gasteiger partial charge in [-0.1, -0.05) is 24.3 Å². The lowest BCUT2D eigenvalue weighted by Gasteiger charge is -2.09. The topological polar surface area (TPSA) is 59.3 Å². The van der Waals surface area contributed by atoms with Crippen LogP contribution in [0.25, 0.3) is 11.6 Å². The third-order valence-corrected chi connectivity index (χ3v) is 3.20. The fourth-order valence-corrected chi connectivity index (χ4v) is 2.02. The van der Waals surface area contributed by atoms with Crippen LogP contribution >= 0.6 is 0 Å². The van der Waals surface area contributed by atoms with E-state index in [1.165, 1.54) is 0 Å². The van der Waals surface area contributed by atoms with Gasteiger partial charge in [-0.25, -0.2) is 0 Å². The fraction of sp³-hybridized carbons (Fsp3) is 0.111. The van der Waals surface area contributed by atoms with Gasteiger partial charge in [0.1, 0.15) is 6.29 Å². The number of aldehydes is 1. The van der Waals surface area contributed by atoms with Gasteiger partial charge in [0.15, 0.2) is 11.5 Å². The monoisotopic (exact) mass is 293 g/mol. The van der Waals surface area contributed by atoms with Gasteiger partial charge < -0.3 is 9.47 Å². The lowest BCUT2D eigenvalue weighted by Crippen LogP contribution is -1.92. The Hall–Kier alpha value is -3.06. The molecule has 2 aromatic rings. The molecule has 0 N–H and O–H groups in total. The molecule has 4 heteroatoms. The zero-order valence-electron chi connectivity index (χ0n) is 12.4. The van der Waals surface area contributed by atoms with Crippen LogP contribution in [-0.2, 0) is 0 Å². The number of nitrogens with zero attached hydrogens (tertiary/aromatic N) is 1. The molecule has 0 aliphatic rings. The number of methoxy groups -OCH3 is 2. The van der Waals surface area contributed by atoms with E-state index in [1.54, 1.807) is 62.8 Å². The third kappa shape index (κ3) is 3.33. The molecule has 0 spiro atoms. The van der Waals surface area contributed by atoms with Crippen LogP contribution in [0.15, 0.2) is 42.5 Å². The summed E-state index contributed by atoms with van der Waals surface area (Å²) in [6.45, 7) is 0. The summed E-state index contributed by atoms with van der Waals surface area (Å²) in [5, 5.41) is 9.39. The summed E-state index contributed by atoms with van der Waals surface area (Å²) < 4.78 is 10.4. The highest BCUT2D eigenvalue weighted by atomic mass is 16.5. The molecule has 0 saturated heterocycles. The van der Waals surface area contributed by atoms with Gasteiger partial charge in [-0.15, -0.1) is 0 Å². The average molecular weight is 293 g/mol. The normalized spacial score (nSPS) is 10.7. The number of hydrogen-bond donors (Lipinski definition) is 0. The zero-order chi connectivity index (χ0) is 15.9. The van der Waals surface area contributed by atoms with Crippen LogP contribution in [0.4, 0.5) is 0 Å². The first-order valence-corrected chi connectivity index (χ1v) is 6.61. The predicted octanol–water partition coefficient (Wildman–Crippen LogP) is 3.58. The number of benzene rings is 2. The summed E-state index contributed by atoms with van der Waals surface area (Å²) in [5.74, 6) is 1.18. The maximum atomic E-state index is 10.7. The molecular weight excluding hydrogens is 278 g/mol. The van der Waals surface area contributed by atoms with E-state index in [0.29, 0.717) is 22.6 Å². The maximum absolute atomic E-state index is 10.7. The minimum Gasteiger partial charge on any atom is -0.493 e. The molecule has 0 radical (unpaired) electrons. The Morgan fingerprint density at radius 3 is 2.18 bits per heavy atom. The van der Waals surface area contributed by atoms with Crippen molar-refractivity contribution in [3.63, 3.8) is 0 Å². The number of nitriles is 1. The van der Waals surface area contributed by atoms with E-state index in [4.69, 9.17) is 9.47 Å². The Morgan fingerprint density at radius 1 is 1.00 bits per heavy atom. The number of hydrogen-bond acceptors (Lipinski definition) is 4. The van der Waals surface area contributed by atoms with E-state index in [1.807, 2.05) is 0 Å². The molecule has 0 fully saturated rings. The van der Waals surface area contributed by atoms with Crippen molar-refractivity contribution in [2.45, 2.75) is 0 Å². The molecule has 4 nitrogen and oxygen atoms in total.